The highest BCUT2D eigenvalue weighted by Gasteiger charge is 2.37. The molecule has 0 saturated carbocycles. The normalized spacial score (nSPS) is 20.2. The van der Waals surface area contributed by atoms with Crippen LogP contribution < -0.4 is 4.74 Å². The van der Waals surface area contributed by atoms with Crippen molar-refractivity contribution in [2.24, 2.45) is 5.92 Å². The van der Waals surface area contributed by atoms with Gasteiger partial charge in [0, 0.05) is 19.0 Å². The van der Waals surface area contributed by atoms with Gasteiger partial charge in [-0.1, -0.05) is 12.1 Å². The van der Waals surface area contributed by atoms with E-state index in [1.54, 1.807) is 4.90 Å². The molecule has 1 aromatic carbocycles. The van der Waals surface area contributed by atoms with Gasteiger partial charge in [0.15, 0.2) is 0 Å². The van der Waals surface area contributed by atoms with Crippen LogP contribution in [-0.4, -0.2) is 41.1 Å². The Bertz CT molecular complexity index is 599. The molecule has 0 aromatic heterocycles. The topological polar surface area (TPSA) is 66.8 Å². The highest BCUT2D eigenvalue weighted by molar-refractivity contribution is 5.79. The molecule has 1 aliphatic rings. The molecule has 1 heterocycles. The van der Waals surface area contributed by atoms with Crippen molar-refractivity contribution in [3.05, 3.63) is 29.3 Å². The first-order valence-corrected chi connectivity index (χ1v) is 8.62. The van der Waals surface area contributed by atoms with Crippen molar-refractivity contribution in [2.45, 2.75) is 52.5 Å². The average molecular weight is 333 g/mol. The first-order valence-electron chi connectivity index (χ1n) is 8.62. The van der Waals surface area contributed by atoms with Gasteiger partial charge in [0.05, 0.1) is 12.5 Å². The Morgan fingerprint density at radius 3 is 2.71 bits per heavy atom. The predicted octanol–water partition coefficient (Wildman–Crippen LogP) is 3.17. The number of unbranched alkanes of at least 4 members (excludes halogenated alkanes) is 1. The van der Waals surface area contributed by atoms with Crippen molar-refractivity contribution in [1.29, 1.82) is 0 Å². The van der Waals surface area contributed by atoms with Gasteiger partial charge in [0.1, 0.15) is 5.75 Å². The first-order chi connectivity index (χ1) is 11.4. The summed E-state index contributed by atoms with van der Waals surface area (Å²) in [5.74, 6) is -0.280. The van der Waals surface area contributed by atoms with E-state index in [9.17, 15) is 9.59 Å². The van der Waals surface area contributed by atoms with Gasteiger partial charge in [-0.25, -0.2) is 0 Å². The summed E-state index contributed by atoms with van der Waals surface area (Å²) in [7, 11) is 0. The molecule has 0 radical (unpaired) electrons. The number of rotatable bonds is 7. The Kier molecular flexibility index (Phi) is 6.23. The molecule has 5 nitrogen and oxygen atoms in total. The number of ether oxygens (including phenoxy) is 1. The molecule has 1 aromatic rings. The number of carboxylic acids is 1. The van der Waals surface area contributed by atoms with Crippen molar-refractivity contribution in [2.75, 3.05) is 13.2 Å². The highest BCUT2D eigenvalue weighted by atomic mass is 16.5. The molecular weight excluding hydrogens is 306 g/mol. The number of amides is 1. The van der Waals surface area contributed by atoms with Crippen molar-refractivity contribution in [3.63, 3.8) is 0 Å². The minimum atomic E-state index is -0.806. The van der Waals surface area contributed by atoms with E-state index in [2.05, 4.69) is 6.07 Å². The molecule has 1 aliphatic heterocycles. The summed E-state index contributed by atoms with van der Waals surface area (Å²) in [6.07, 6.45) is 2.57. The Labute approximate surface area is 143 Å². The Morgan fingerprint density at radius 2 is 2.04 bits per heavy atom. The first kappa shape index (κ1) is 18.3. The standard InChI is InChI=1S/C19H27NO4/c1-13-7-8-14(2)17(12-13)24-11-5-4-6-18(21)20-10-9-16(15(20)3)19(22)23/h7-8,12,15-16H,4-6,9-11H2,1-3H3,(H,22,23). The molecule has 2 unspecified atom stereocenters. The third kappa shape index (κ3) is 4.49. The van der Waals surface area contributed by atoms with Crippen LogP contribution in [0, 0.1) is 19.8 Å². The number of aliphatic carboxylic acids is 1. The fraction of sp³-hybridized carbons (Fsp3) is 0.579. The van der Waals surface area contributed by atoms with Crippen molar-refractivity contribution < 1.29 is 19.4 Å². The lowest BCUT2D eigenvalue weighted by atomic mass is 10.0. The van der Waals surface area contributed by atoms with Gasteiger partial charge in [-0.2, -0.15) is 0 Å². The van der Waals surface area contributed by atoms with Gasteiger partial charge >= 0.3 is 5.97 Å². The third-order valence-corrected chi connectivity index (χ3v) is 4.78. The summed E-state index contributed by atoms with van der Waals surface area (Å²) in [5.41, 5.74) is 2.28. The second-order valence-corrected chi connectivity index (χ2v) is 6.64. The summed E-state index contributed by atoms with van der Waals surface area (Å²) < 4.78 is 5.79. The van der Waals surface area contributed by atoms with Crippen LogP contribution in [0.1, 0.15) is 43.7 Å². The number of nitrogens with zero attached hydrogens (tertiary/aromatic N) is 1. The number of hydrogen-bond donors (Lipinski definition) is 1. The smallest absolute Gasteiger partial charge is 0.308 e. The lowest BCUT2D eigenvalue weighted by Crippen LogP contribution is -2.37. The second kappa shape index (κ2) is 8.18. The zero-order chi connectivity index (χ0) is 17.7. The number of likely N-dealkylation sites (tertiary alicyclic amines) is 1. The van der Waals surface area contributed by atoms with Crippen molar-refractivity contribution in [1.82, 2.24) is 4.90 Å². The maximum atomic E-state index is 12.2. The Balaban J connectivity index is 1.70. The zero-order valence-corrected chi connectivity index (χ0v) is 14.7. The molecule has 1 amide bonds. The summed E-state index contributed by atoms with van der Waals surface area (Å²) >= 11 is 0. The molecule has 2 rings (SSSR count). The maximum absolute atomic E-state index is 12.2. The molecule has 24 heavy (non-hydrogen) atoms. The van der Waals surface area contributed by atoms with Gasteiger partial charge in [0.25, 0.3) is 0 Å². The largest absolute Gasteiger partial charge is 0.493 e. The van der Waals surface area contributed by atoms with Crippen LogP contribution in [0.2, 0.25) is 0 Å². The van der Waals surface area contributed by atoms with E-state index in [4.69, 9.17) is 9.84 Å². The van der Waals surface area contributed by atoms with Crippen LogP contribution in [-0.2, 0) is 9.59 Å². The Morgan fingerprint density at radius 1 is 1.29 bits per heavy atom. The summed E-state index contributed by atoms with van der Waals surface area (Å²) in [6.45, 7) is 7.02. The number of aryl methyl sites for hydroxylation is 2. The summed E-state index contributed by atoms with van der Waals surface area (Å²) in [6, 6.07) is 5.92. The molecule has 1 saturated heterocycles. The average Bonchev–Trinajstić information content (AvgIpc) is 2.92. The second-order valence-electron chi connectivity index (χ2n) is 6.64. The SMILES string of the molecule is Cc1ccc(C)c(OCCCCC(=O)N2CCC(C(=O)O)C2C)c1. The Hall–Kier alpha value is -2.04. The fourth-order valence-corrected chi connectivity index (χ4v) is 3.19. The number of carbonyl (C=O) groups excluding carboxylic acids is 1. The molecule has 0 spiro atoms. The minimum absolute atomic E-state index is 0.0537. The van der Waals surface area contributed by atoms with Crippen molar-refractivity contribution in [3.8, 4) is 5.75 Å². The number of carbonyl (C=O) groups is 2. The number of carboxylic acid groups (broad SMARTS) is 1. The highest BCUT2D eigenvalue weighted by Crippen LogP contribution is 2.25. The molecule has 5 heteroatoms. The molecule has 132 valence electrons. The van der Waals surface area contributed by atoms with E-state index in [0.29, 0.717) is 26.0 Å². The van der Waals surface area contributed by atoms with Gasteiger partial charge in [0.2, 0.25) is 5.91 Å². The van der Waals surface area contributed by atoms with Gasteiger partial charge < -0.3 is 14.7 Å². The lowest BCUT2D eigenvalue weighted by molar-refractivity contribution is -0.143. The van der Waals surface area contributed by atoms with Gasteiger partial charge in [-0.15, -0.1) is 0 Å². The van der Waals surface area contributed by atoms with Crippen LogP contribution >= 0.6 is 0 Å². The molecular formula is C19H27NO4. The maximum Gasteiger partial charge on any atom is 0.308 e. The van der Waals surface area contributed by atoms with Gasteiger partial charge in [-0.3, -0.25) is 9.59 Å². The van der Waals surface area contributed by atoms with Crippen LogP contribution in [0.4, 0.5) is 0 Å². The summed E-state index contributed by atoms with van der Waals surface area (Å²) in [4.78, 5) is 25.1. The molecule has 1 N–H and O–H groups in total. The van der Waals surface area contributed by atoms with Crippen LogP contribution in [0.15, 0.2) is 18.2 Å². The third-order valence-electron chi connectivity index (χ3n) is 4.78. The number of benzene rings is 1. The predicted molar refractivity (Wildman–Crippen MR) is 92.2 cm³/mol. The monoisotopic (exact) mass is 333 g/mol. The fourth-order valence-electron chi connectivity index (χ4n) is 3.19. The molecule has 0 bridgehead atoms. The minimum Gasteiger partial charge on any atom is -0.493 e. The van der Waals surface area contributed by atoms with E-state index in [0.717, 1.165) is 24.2 Å². The van der Waals surface area contributed by atoms with Crippen molar-refractivity contribution >= 4 is 11.9 Å². The van der Waals surface area contributed by atoms with E-state index >= 15 is 0 Å². The lowest BCUT2D eigenvalue weighted by Gasteiger charge is -2.23. The van der Waals surface area contributed by atoms with Crippen LogP contribution in [0.25, 0.3) is 0 Å². The van der Waals surface area contributed by atoms with Crippen LogP contribution in [0.5, 0.6) is 5.75 Å². The molecule has 1 fully saturated rings. The summed E-state index contributed by atoms with van der Waals surface area (Å²) in [5, 5.41) is 9.12. The number of hydrogen-bond acceptors (Lipinski definition) is 3. The molecule has 0 aliphatic carbocycles. The zero-order valence-electron chi connectivity index (χ0n) is 14.7. The van der Waals surface area contributed by atoms with Crippen LogP contribution in [0.3, 0.4) is 0 Å². The van der Waals surface area contributed by atoms with E-state index in [1.807, 2.05) is 32.9 Å². The van der Waals surface area contributed by atoms with E-state index in [1.165, 1.54) is 5.56 Å². The van der Waals surface area contributed by atoms with E-state index in [-0.39, 0.29) is 11.9 Å². The van der Waals surface area contributed by atoms with E-state index < -0.39 is 11.9 Å². The quantitative estimate of drug-likeness (QED) is 0.778. The molecule has 2 atom stereocenters. The van der Waals surface area contributed by atoms with Gasteiger partial charge in [-0.05, 0) is 57.2 Å².